The first kappa shape index (κ1) is 14.8. The molecular weight excluding hydrogens is 273 g/mol. The van der Waals surface area contributed by atoms with Gasteiger partial charge in [0.1, 0.15) is 24.8 Å². The Kier molecular flexibility index (Phi) is 5.13. The maximum atomic E-state index is 13.7. The first-order valence-corrected chi connectivity index (χ1v) is 6.38. The molecule has 0 aliphatic carbocycles. The van der Waals surface area contributed by atoms with Crippen LogP contribution >= 0.6 is 0 Å². The van der Waals surface area contributed by atoms with E-state index in [1.165, 1.54) is 22.8 Å². The van der Waals surface area contributed by atoms with E-state index >= 15 is 0 Å². The quantitative estimate of drug-likeness (QED) is 0.865. The zero-order chi connectivity index (χ0) is 15.1. The summed E-state index contributed by atoms with van der Waals surface area (Å²) in [7, 11) is 0. The van der Waals surface area contributed by atoms with E-state index in [9.17, 15) is 9.18 Å². The van der Waals surface area contributed by atoms with Gasteiger partial charge in [-0.1, -0.05) is 17.9 Å². The molecule has 1 heterocycles. The molecule has 21 heavy (non-hydrogen) atoms. The van der Waals surface area contributed by atoms with Gasteiger partial charge in [-0.2, -0.15) is 0 Å². The molecule has 4 nitrogen and oxygen atoms in total. The molecule has 108 valence electrons. The number of nitrogens with zero attached hydrogens (tertiary/aromatic N) is 1. The van der Waals surface area contributed by atoms with Gasteiger partial charge in [0.25, 0.3) is 5.56 Å². The summed E-state index contributed by atoms with van der Waals surface area (Å²) in [4.78, 5) is 11.5. The molecule has 1 N–H and O–H groups in total. The maximum Gasteiger partial charge on any atom is 0.250 e. The molecule has 0 aliphatic rings. The van der Waals surface area contributed by atoms with E-state index in [-0.39, 0.29) is 24.3 Å². The van der Waals surface area contributed by atoms with Crippen LogP contribution in [0.5, 0.6) is 5.75 Å². The molecule has 1 aromatic carbocycles. The van der Waals surface area contributed by atoms with Gasteiger partial charge in [0.15, 0.2) is 0 Å². The molecule has 0 saturated carbocycles. The lowest BCUT2D eigenvalue weighted by atomic mass is 10.2. The molecule has 5 heteroatoms. The number of ether oxygens (including phenoxy) is 1. The van der Waals surface area contributed by atoms with E-state index in [2.05, 4.69) is 11.8 Å². The molecule has 0 fully saturated rings. The number of hydrogen-bond acceptors (Lipinski definition) is 3. The first-order chi connectivity index (χ1) is 10.2. The Bertz CT molecular complexity index is 728. The summed E-state index contributed by atoms with van der Waals surface area (Å²) in [5.74, 6) is 4.74. The topological polar surface area (TPSA) is 51.5 Å². The fraction of sp³-hybridized carbons (Fsp3) is 0.188. The van der Waals surface area contributed by atoms with Gasteiger partial charge in [-0.25, -0.2) is 4.39 Å². The first-order valence-electron chi connectivity index (χ1n) is 6.38. The van der Waals surface area contributed by atoms with Crippen molar-refractivity contribution >= 4 is 0 Å². The molecule has 0 radical (unpaired) electrons. The van der Waals surface area contributed by atoms with Crippen LogP contribution in [0.15, 0.2) is 47.4 Å². The lowest BCUT2D eigenvalue weighted by Gasteiger charge is -2.08. The SMILES string of the molecule is O=c1ccccn1CCOc1ccc(C#CCO)c(F)c1. The van der Waals surface area contributed by atoms with Crippen LogP contribution in [0.1, 0.15) is 5.56 Å². The van der Waals surface area contributed by atoms with E-state index in [0.29, 0.717) is 12.3 Å². The van der Waals surface area contributed by atoms with Crippen LogP contribution < -0.4 is 10.3 Å². The Morgan fingerprint density at radius 1 is 1.29 bits per heavy atom. The highest BCUT2D eigenvalue weighted by Crippen LogP contribution is 2.16. The minimum atomic E-state index is -0.509. The van der Waals surface area contributed by atoms with E-state index < -0.39 is 5.82 Å². The van der Waals surface area contributed by atoms with Crippen LogP contribution in [0.3, 0.4) is 0 Å². The standard InChI is InChI=1S/C16H14FNO3/c17-15-12-14(7-6-13(15)4-3-10-19)21-11-9-18-8-2-1-5-16(18)20/h1-2,5-8,12,19H,9-11H2. The van der Waals surface area contributed by atoms with Crippen molar-refractivity contribution in [3.63, 3.8) is 0 Å². The fourth-order valence-corrected chi connectivity index (χ4v) is 1.73. The van der Waals surface area contributed by atoms with Crippen molar-refractivity contribution in [3.8, 4) is 17.6 Å². The molecule has 0 bridgehead atoms. The van der Waals surface area contributed by atoms with Gasteiger partial charge in [0.2, 0.25) is 0 Å². The van der Waals surface area contributed by atoms with Gasteiger partial charge in [-0.15, -0.1) is 0 Å². The van der Waals surface area contributed by atoms with Gasteiger partial charge < -0.3 is 14.4 Å². The minimum Gasteiger partial charge on any atom is -0.492 e. The third kappa shape index (κ3) is 4.20. The number of hydrogen-bond donors (Lipinski definition) is 1. The summed E-state index contributed by atoms with van der Waals surface area (Å²) in [6, 6.07) is 9.21. The second kappa shape index (κ2) is 7.27. The number of rotatable bonds is 4. The maximum absolute atomic E-state index is 13.7. The average molecular weight is 287 g/mol. The van der Waals surface area contributed by atoms with Crippen LogP contribution in [-0.4, -0.2) is 22.9 Å². The molecule has 0 atom stereocenters. The van der Waals surface area contributed by atoms with Crippen molar-refractivity contribution in [1.82, 2.24) is 4.57 Å². The summed E-state index contributed by atoms with van der Waals surface area (Å²) < 4.78 is 20.6. The van der Waals surface area contributed by atoms with Gasteiger partial charge >= 0.3 is 0 Å². The zero-order valence-electron chi connectivity index (χ0n) is 11.3. The van der Waals surface area contributed by atoms with Gasteiger partial charge in [0, 0.05) is 18.3 Å². The number of benzene rings is 1. The summed E-state index contributed by atoms with van der Waals surface area (Å²) in [5.41, 5.74) is 0.0950. The third-order valence-corrected chi connectivity index (χ3v) is 2.74. The number of aliphatic hydroxyl groups is 1. The predicted molar refractivity (Wildman–Crippen MR) is 76.6 cm³/mol. The Morgan fingerprint density at radius 2 is 2.14 bits per heavy atom. The lowest BCUT2D eigenvalue weighted by Crippen LogP contribution is -2.21. The largest absolute Gasteiger partial charge is 0.492 e. The number of aliphatic hydroxyl groups excluding tert-OH is 1. The summed E-state index contributed by atoms with van der Waals surface area (Å²) in [6.45, 7) is 0.321. The average Bonchev–Trinajstić information content (AvgIpc) is 2.48. The van der Waals surface area contributed by atoms with Crippen LogP contribution in [0.25, 0.3) is 0 Å². The second-order valence-electron chi connectivity index (χ2n) is 4.18. The smallest absolute Gasteiger partial charge is 0.250 e. The monoisotopic (exact) mass is 287 g/mol. The molecule has 0 aliphatic heterocycles. The van der Waals surface area contributed by atoms with Crippen molar-refractivity contribution in [2.24, 2.45) is 0 Å². The summed E-state index contributed by atoms with van der Waals surface area (Å²) >= 11 is 0. The molecule has 0 amide bonds. The molecule has 0 spiro atoms. The Morgan fingerprint density at radius 3 is 2.86 bits per heavy atom. The number of halogens is 1. The van der Waals surface area contributed by atoms with Crippen LogP contribution in [-0.2, 0) is 6.54 Å². The second-order valence-corrected chi connectivity index (χ2v) is 4.18. The van der Waals surface area contributed by atoms with Gasteiger partial charge in [0.05, 0.1) is 12.1 Å². The Balaban J connectivity index is 1.96. The van der Waals surface area contributed by atoms with Crippen molar-refractivity contribution in [3.05, 3.63) is 64.3 Å². The summed E-state index contributed by atoms with van der Waals surface area (Å²) in [5, 5.41) is 8.57. The number of aromatic nitrogens is 1. The van der Waals surface area contributed by atoms with Crippen LogP contribution in [0.2, 0.25) is 0 Å². The van der Waals surface area contributed by atoms with E-state index in [1.54, 1.807) is 24.4 Å². The molecule has 2 rings (SSSR count). The minimum absolute atomic E-state index is 0.109. The fourth-order valence-electron chi connectivity index (χ4n) is 1.73. The summed E-state index contributed by atoms with van der Waals surface area (Å²) in [6.07, 6.45) is 1.67. The van der Waals surface area contributed by atoms with Crippen molar-refractivity contribution < 1.29 is 14.2 Å². The zero-order valence-corrected chi connectivity index (χ0v) is 11.3. The molecule has 0 unspecified atom stereocenters. The molecule has 2 aromatic rings. The van der Waals surface area contributed by atoms with E-state index in [1.807, 2.05) is 0 Å². The van der Waals surface area contributed by atoms with Crippen molar-refractivity contribution in [2.45, 2.75) is 6.54 Å². The third-order valence-electron chi connectivity index (χ3n) is 2.74. The molecule has 1 aromatic heterocycles. The Hall–Kier alpha value is -2.58. The highest BCUT2D eigenvalue weighted by molar-refractivity contribution is 5.39. The van der Waals surface area contributed by atoms with Crippen molar-refractivity contribution in [1.29, 1.82) is 0 Å². The van der Waals surface area contributed by atoms with E-state index in [4.69, 9.17) is 9.84 Å². The normalized spacial score (nSPS) is 9.81. The van der Waals surface area contributed by atoms with E-state index in [0.717, 1.165) is 0 Å². The van der Waals surface area contributed by atoms with Crippen LogP contribution in [0.4, 0.5) is 4.39 Å². The highest BCUT2D eigenvalue weighted by atomic mass is 19.1. The van der Waals surface area contributed by atoms with Crippen molar-refractivity contribution in [2.75, 3.05) is 13.2 Å². The molecular formula is C16H14FNO3. The number of pyridine rings is 1. The molecule has 0 saturated heterocycles. The lowest BCUT2D eigenvalue weighted by molar-refractivity contribution is 0.295. The Labute approximate surface area is 121 Å². The predicted octanol–water partition coefficient (Wildman–Crippen LogP) is 1.41. The van der Waals surface area contributed by atoms with Crippen LogP contribution in [0, 0.1) is 17.7 Å². The van der Waals surface area contributed by atoms with Gasteiger partial charge in [-0.3, -0.25) is 4.79 Å². The highest BCUT2D eigenvalue weighted by Gasteiger charge is 2.02. The van der Waals surface area contributed by atoms with Gasteiger partial charge in [-0.05, 0) is 18.2 Å².